The molecule has 4 fully saturated rings. The van der Waals surface area contributed by atoms with Crippen LogP contribution in [0, 0.1) is 11.8 Å². The van der Waals surface area contributed by atoms with E-state index in [1.807, 2.05) is 0 Å². The van der Waals surface area contributed by atoms with Crippen LogP contribution in [-0.4, -0.2) is 16.9 Å². The first-order valence-electron chi connectivity index (χ1n) is 5.51. The van der Waals surface area contributed by atoms with Gasteiger partial charge in [-0.1, -0.05) is 15.9 Å². The van der Waals surface area contributed by atoms with Crippen molar-refractivity contribution in [3.63, 3.8) is 0 Å². The monoisotopic (exact) mass is 243 g/mol. The number of nitrogens with one attached hydrogen (secondary N) is 1. The summed E-state index contributed by atoms with van der Waals surface area (Å²) in [6.45, 7) is 0. The first-order chi connectivity index (χ1) is 6.13. The van der Waals surface area contributed by atoms with Crippen LogP contribution in [-0.2, 0) is 0 Å². The number of alkyl halides is 1. The molecule has 2 atom stereocenters. The fourth-order valence-corrected chi connectivity index (χ4v) is 5.90. The largest absolute Gasteiger partial charge is 0.314 e. The van der Waals surface area contributed by atoms with E-state index in [9.17, 15) is 0 Å². The summed E-state index contributed by atoms with van der Waals surface area (Å²) in [5, 5.41) is 3.60. The Morgan fingerprint density at radius 2 is 1.77 bits per heavy atom. The van der Waals surface area contributed by atoms with Crippen LogP contribution in [0.1, 0.15) is 38.5 Å². The van der Waals surface area contributed by atoms with E-state index in [-0.39, 0.29) is 0 Å². The van der Waals surface area contributed by atoms with Crippen molar-refractivity contribution in [2.24, 2.45) is 11.8 Å². The van der Waals surface area contributed by atoms with Crippen molar-refractivity contribution >= 4 is 15.9 Å². The maximum Gasteiger partial charge on any atom is 0.0280 e. The van der Waals surface area contributed by atoms with Crippen molar-refractivity contribution in [1.29, 1.82) is 0 Å². The van der Waals surface area contributed by atoms with Crippen LogP contribution in [0.5, 0.6) is 0 Å². The predicted octanol–water partition coefficient (Wildman–Crippen LogP) is 2.69. The van der Waals surface area contributed by atoms with E-state index in [4.69, 9.17) is 0 Å². The Bertz CT molecular complexity index is 224. The Labute approximate surface area is 88.8 Å². The summed E-state index contributed by atoms with van der Waals surface area (Å²) in [6, 6.07) is 0. The number of halogens is 1. The summed E-state index contributed by atoms with van der Waals surface area (Å²) in [6.07, 6.45) is 8.63. The van der Waals surface area contributed by atoms with E-state index in [1.165, 1.54) is 38.5 Å². The Balaban J connectivity index is 1.95. The minimum Gasteiger partial charge on any atom is -0.314 e. The first kappa shape index (κ1) is 8.72. The number of hydrogen-bond donors (Lipinski definition) is 1. The van der Waals surface area contributed by atoms with Gasteiger partial charge in [0.15, 0.2) is 0 Å². The smallest absolute Gasteiger partial charge is 0.0280 e. The van der Waals surface area contributed by atoms with Gasteiger partial charge in [0.1, 0.15) is 0 Å². The van der Waals surface area contributed by atoms with Gasteiger partial charge in [0.2, 0.25) is 0 Å². The summed E-state index contributed by atoms with van der Waals surface area (Å²) in [5.41, 5.74) is 0.508. The van der Waals surface area contributed by atoms with Gasteiger partial charge < -0.3 is 5.32 Å². The maximum absolute atomic E-state index is 3.99. The molecule has 4 bridgehead atoms. The molecule has 0 aromatic rings. The Morgan fingerprint density at radius 3 is 2.23 bits per heavy atom. The van der Waals surface area contributed by atoms with Crippen LogP contribution < -0.4 is 5.32 Å². The molecule has 2 unspecified atom stereocenters. The lowest BCUT2D eigenvalue weighted by molar-refractivity contribution is 0.00313. The van der Waals surface area contributed by atoms with Gasteiger partial charge in [-0.3, -0.25) is 0 Å². The van der Waals surface area contributed by atoms with E-state index >= 15 is 0 Å². The summed E-state index contributed by atoms with van der Waals surface area (Å²) in [7, 11) is 2.16. The highest BCUT2D eigenvalue weighted by Gasteiger charge is 2.56. The average molecular weight is 244 g/mol. The zero-order valence-corrected chi connectivity index (χ0v) is 9.86. The third kappa shape index (κ3) is 1.21. The first-order valence-corrected chi connectivity index (χ1v) is 6.30. The number of hydrogen-bond acceptors (Lipinski definition) is 1. The quantitative estimate of drug-likeness (QED) is 0.699. The molecule has 4 aliphatic carbocycles. The minimum atomic E-state index is 0.508. The molecule has 1 N–H and O–H groups in total. The zero-order valence-electron chi connectivity index (χ0n) is 8.28. The molecule has 0 saturated heterocycles. The lowest BCUT2D eigenvalue weighted by Gasteiger charge is -2.60. The normalized spacial score (nSPS) is 58.6. The van der Waals surface area contributed by atoms with Crippen molar-refractivity contribution in [2.45, 2.75) is 48.4 Å². The van der Waals surface area contributed by atoms with Gasteiger partial charge in [-0.2, -0.15) is 0 Å². The molecule has 0 spiro atoms. The zero-order chi connectivity index (χ0) is 9.10. The summed E-state index contributed by atoms with van der Waals surface area (Å²) in [5.74, 6) is 2.01. The molecule has 1 nitrogen and oxygen atoms in total. The van der Waals surface area contributed by atoms with Gasteiger partial charge in [-0.15, -0.1) is 0 Å². The highest BCUT2D eigenvalue weighted by molar-refractivity contribution is 9.10. The highest BCUT2D eigenvalue weighted by atomic mass is 79.9. The second-order valence-electron chi connectivity index (χ2n) is 5.64. The maximum atomic E-state index is 3.99. The Hall–Kier alpha value is 0.440. The molecule has 4 aliphatic rings. The standard InChI is InChI=1S/C11H18BrN/c1-13-11-5-8-2-9(6-11)4-10(12,3-8)7-11/h8-9,13H,2-7H2,1H3. The number of rotatable bonds is 1. The fraction of sp³-hybridized carbons (Fsp3) is 1.00. The molecule has 4 rings (SSSR count). The Morgan fingerprint density at radius 1 is 1.15 bits per heavy atom. The van der Waals surface area contributed by atoms with Crippen LogP contribution in [0.4, 0.5) is 0 Å². The van der Waals surface area contributed by atoms with Gasteiger partial charge in [-0.05, 0) is 57.4 Å². The predicted molar refractivity (Wildman–Crippen MR) is 58.1 cm³/mol. The molecule has 0 aliphatic heterocycles. The van der Waals surface area contributed by atoms with Gasteiger partial charge in [0, 0.05) is 9.86 Å². The van der Waals surface area contributed by atoms with E-state index in [1.54, 1.807) is 0 Å². The van der Waals surface area contributed by atoms with Crippen molar-refractivity contribution in [2.75, 3.05) is 7.05 Å². The van der Waals surface area contributed by atoms with E-state index in [0.717, 1.165) is 11.8 Å². The third-order valence-electron chi connectivity index (χ3n) is 4.52. The summed E-state index contributed by atoms with van der Waals surface area (Å²) < 4.78 is 0.514. The van der Waals surface area contributed by atoms with Crippen LogP contribution in [0.25, 0.3) is 0 Å². The molecule has 74 valence electrons. The van der Waals surface area contributed by atoms with Crippen molar-refractivity contribution < 1.29 is 0 Å². The molecule has 13 heavy (non-hydrogen) atoms. The summed E-state index contributed by atoms with van der Waals surface area (Å²) in [4.78, 5) is 0. The lowest BCUT2D eigenvalue weighted by Crippen LogP contribution is -2.61. The van der Waals surface area contributed by atoms with E-state index in [0.29, 0.717) is 9.86 Å². The van der Waals surface area contributed by atoms with Crippen molar-refractivity contribution in [3.05, 3.63) is 0 Å². The molecule has 0 radical (unpaired) electrons. The molecule has 0 aromatic carbocycles. The van der Waals surface area contributed by atoms with Crippen LogP contribution >= 0.6 is 15.9 Å². The van der Waals surface area contributed by atoms with E-state index < -0.39 is 0 Å². The fourth-order valence-electron chi connectivity index (χ4n) is 4.44. The minimum absolute atomic E-state index is 0.508. The lowest BCUT2D eigenvalue weighted by atomic mass is 9.53. The second kappa shape index (κ2) is 2.52. The van der Waals surface area contributed by atoms with Gasteiger partial charge in [-0.25, -0.2) is 0 Å². The highest BCUT2D eigenvalue weighted by Crippen LogP contribution is 2.60. The van der Waals surface area contributed by atoms with Crippen LogP contribution in [0.3, 0.4) is 0 Å². The van der Waals surface area contributed by atoms with Gasteiger partial charge in [0.05, 0.1) is 0 Å². The van der Waals surface area contributed by atoms with Crippen molar-refractivity contribution in [1.82, 2.24) is 5.32 Å². The molecule has 0 heterocycles. The average Bonchev–Trinajstić information content (AvgIpc) is 1.99. The Kier molecular flexibility index (Phi) is 1.69. The van der Waals surface area contributed by atoms with Gasteiger partial charge >= 0.3 is 0 Å². The second-order valence-corrected chi connectivity index (χ2v) is 7.32. The third-order valence-corrected chi connectivity index (χ3v) is 5.45. The SMILES string of the molecule is CNC12CC3CC(CC(Br)(C3)C1)C2. The molecular formula is C11H18BrN. The molecule has 0 aromatic heterocycles. The molecule has 4 saturated carbocycles. The summed E-state index contributed by atoms with van der Waals surface area (Å²) >= 11 is 3.99. The molecule has 0 amide bonds. The molecular weight excluding hydrogens is 226 g/mol. The van der Waals surface area contributed by atoms with E-state index in [2.05, 4.69) is 28.3 Å². The van der Waals surface area contributed by atoms with Crippen LogP contribution in [0.15, 0.2) is 0 Å². The molecule has 2 heteroatoms. The van der Waals surface area contributed by atoms with Crippen LogP contribution in [0.2, 0.25) is 0 Å². The topological polar surface area (TPSA) is 12.0 Å². The van der Waals surface area contributed by atoms with Gasteiger partial charge in [0.25, 0.3) is 0 Å². The van der Waals surface area contributed by atoms with Crippen molar-refractivity contribution in [3.8, 4) is 0 Å².